The van der Waals surface area contributed by atoms with Crippen molar-refractivity contribution in [3.63, 3.8) is 0 Å². The molecule has 1 N–H and O–H groups in total. The van der Waals surface area contributed by atoms with Gasteiger partial charge in [-0.2, -0.15) is 0 Å². The fraction of sp³-hybridized carbons (Fsp3) is 0.364. The molecule has 0 aromatic heterocycles. The number of carbonyl (C=O) groups excluding carboxylic acids is 1. The summed E-state index contributed by atoms with van der Waals surface area (Å²) < 4.78 is 10.2. The van der Waals surface area contributed by atoms with E-state index in [4.69, 9.17) is 9.47 Å². The minimum Gasteiger partial charge on any atom is -0.496 e. The molecule has 0 aliphatic heterocycles. The number of amides is 1. The molecule has 1 aromatic carbocycles. The maximum absolute atomic E-state index is 11.0. The van der Waals surface area contributed by atoms with Gasteiger partial charge in [0.25, 0.3) is 0 Å². The molecule has 4 heteroatoms. The smallest absolute Gasteiger partial charge is 0.412 e. The number of carbonyl (C=O) groups is 1. The standard InChI is InChI=1S/C11H15NO3/c1-7-5-9(15-11(13)12-3)6-8(2)10(7)14-4/h5-6H,1-4H3,(H,12,13). The second-order valence-corrected chi connectivity index (χ2v) is 3.23. The number of hydrogen-bond donors (Lipinski definition) is 1. The number of hydrogen-bond acceptors (Lipinski definition) is 3. The van der Waals surface area contributed by atoms with Crippen molar-refractivity contribution in [2.75, 3.05) is 14.2 Å². The largest absolute Gasteiger partial charge is 0.496 e. The van der Waals surface area contributed by atoms with Gasteiger partial charge in [0, 0.05) is 7.05 Å². The molecule has 15 heavy (non-hydrogen) atoms. The van der Waals surface area contributed by atoms with Crippen LogP contribution in [0, 0.1) is 13.8 Å². The zero-order chi connectivity index (χ0) is 11.4. The summed E-state index contributed by atoms with van der Waals surface area (Å²) in [7, 11) is 3.14. The molecule has 0 saturated heterocycles. The van der Waals surface area contributed by atoms with E-state index in [1.165, 1.54) is 7.05 Å². The number of rotatable bonds is 2. The van der Waals surface area contributed by atoms with Crippen LogP contribution in [0.25, 0.3) is 0 Å². The second kappa shape index (κ2) is 4.68. The Labute approximate surface area is 89.2 Å². The first-order valence-corrected chi connectivity index (χ1v) is 4.63. The number of ether oxygens (including phenoxy) is 2. The van der Waals surface area contributed by atoms with Gasteiger partial charge in [-0.05, 0) is 37.1 Å². The van der Waals surface area contributed by atoms with Crippen LogP contribution in [0.3, 0.4) is 0 Å². The predicted molar refractivity (Wildman–Crippen MR) is 57.6 cm³/mol. The lowest BCUT2D eigenvalue weighted by atomic mass is 10.1. The lowest BCUT2D eigenvalue weighted by Crippen LogP contribution is -2.22. The molecule has 0 unspecified atom stereocenters. The summed E-state index contributed by atoms with van der Waals surface area (Å²) in [6.07, 6.45) is -0.473. The fourth-order valence-electron chi connectivity index (χ4n) is 1.45. The van der Waals surface area contributed by atoms with Gasteiger partial charge in [-0.15, -0.1) is 0 Å². The van der Waals surface area contributed by atoms with Crippen LogP contribution in [0.15, 0.2) is 12.1 Å². The Balaban J connectivity index is 2.98. The Kier molecular flexibility index (Phi) is 3.55. The van der Waals surface area contributed by atoms with Crippen molar-refractivity contribution in [1.29, 1.82) is 0 Å². The SMILES string of the molecule is CNC(=O)Oc1cc(C)c(OC)c(C)c1. The number of aryl methyl sites for hydroxylation is 2. The topological polar surface area (TPSA) is 47.6 Å². The summed E-state index contributed by atoms with van der Waals surface area (Å²) in [6.45, 7) is 3.81. The summed E-state index contributed by atoms with van der Waals surface area (Å²) in [5, 5.41) is 2.39. The Hall–Kier alpha value is -1.71. The summed E-state index contributed by atoms with van der Waals surface area (Å²) >= 11 is 0. The molecule has 0 spiro atoms. The third-order valence-corrected chi connectivity index (χ3v) is 2.05. The van der Waals surface area contributed by atoms with E-state index in [1.807, 2.05) is 13.8 Å². The van der Waals surface area contributed by atoms with Crippen molar-refractivity contribution in [2.45, 2.75) is 13.8 Å². The van der Waals surface area contributed by atoms with Crippen molar-refractivity contribution < 1.29 is 14.3 Å². The van der Waals surface area contributed by atoms with E-state index < -0.39 is 6.09 Å². The van der Waals surface area contributed by atoms with E-state index in [2.05, 4.69) is 5.32 Å². The molecule has 0 atom stereocenters. The molecule has 0 radical (unpaired) electrons. The molecule has 0 saturated carbocycles. The zero-order valence-corrected chi connectivity index (χ0v) is 9.38. The summed E-state index contributed by atoms with van der Waals surface area (Å²) in [6, 6.07) is 3.53. The van der Waals surface area contributed by atoms with Crippen LogP contribution in [0.1, 0.15) is 11.1 Å². The van der Waals surface area contributed by atoms with Gasteiger partial charge in [-0.1, -0.05) is 0 Å². The third kappa shape index (κ3) is 2.62. The normalized spacial score (nSPS) is 9.60. The third-order valence-electron chi connectivity index (χ3n) is 2.05. The molecule has 1 amide bonds. The van der Waals surface area contributed by atoms with Crippen LogP contribution in [0.4, 0.5) is 4.79 Å². The lowest BCUT2D eigenvalue weighted by molar-refractivity contribution is 0.203. The highest BCUT2D eigenvalue weighted by molar-refractivity contribution is 5.70. The first kappa shape index (κ1) is 11.4. The van der Waals surface area contributed by atoms with E-state index in [9.17, 15) is 4.79 Å². The van der Waals surface area contributed by atoms with Gasteiger partial charge in [-0.3, -0.25) is 0 Å². The van der Waals surface area contributed by atoms with Crippen LogP contribution in [0.5, 0.6) is 11.5 Å². The summed E-state index contributed by atoms with van der Waals surface area (Å²) in [5.74, 6) is 1.34. The van der Waals surface area contributed by atoms with E-state index in [0.717, 1.165) is 16.9 Å². The van der Waals surface area contributed by atoms with Crippen molar-refractivity contribution >= 4 is 6.09 Å². The van der Waals surface area contributed by atoms with Gasteiger partial charge in [-0.25, -0.2) is 4.79 Å². The molecule has 0 aliphatic rings. The predicted octanol–water partition coefficient (Wildman–Crippen LogP) is 2.03. The first-order valence-electron chi connectivity index (χ1n) is 4.63. The molecule has 82 valence electrons. The average molecular weight is 209 g/mol. The van der Waals surface area contributed by atoms with E-state index >= 15 is 0 Å². The van der Waals surface area contributed by atoms with Crippen molar-refractivity contribution in [3.8, 4) is 11.5 Å². The number of methoxy groups -OCH3 is 1. The molecular formula is C11H15NO3. The summed E-state index contributed by atoms with van der Waals surface area (Å²) in [4.78, 5) is 11.0. The molecule has 0 fully saturated rings. The van der Waals surface area contributed by atoms with Crippen molar-refractivity contribution in [2.24, 2.45) is 0 Å². The lowest BCUT2D eigenvalue weighted by Gasteiger charge is -2.11. The molecule has 1 aromatic rings. The van der Waals surface area contributed by atoms with Crippen molar-refractivity contribution in [3.05, 3.63) is 23.3 Å². The van der Waals surface area contributed by atoms with E-state index in [-0.39, 0.29) is 0 Å². The fourth-order valence-corrected chi connectivity index (χ4v) is 1.45. The van der Waals surface area contributed by atoms with Gasteiger partial charge >= 0.3 is 6.09 Å². The average Bonchev–Trinajstić information content (AvgIpc) is 2.17. The van der Waals surface area contributed by atoms with Gasteiger partial charge in [0.05, 0.1) is 7.11 Å². The van der Waals surface area contributed by atoms with Crippen molar-refractivity contribution in [1.82, 2.24) is 5.32 Å². The maximum Gasteiger partial charge on any atom is 0.412 e. The highest BCUT2D eigenvalue weighted by Gasteiger charge is 2.08. The minimum atomic E-state index is -0.473. The maximum atomic E-state index is 11.0. The molecule has 0 bridgehead atoms. The monoisotopic (exact) mass is 209 g/mol. The van der Waals surface area contributed by atoms with Crippen LogP contribution in [-0.2, 0) is 0 Å². The number of benzene rings is 1. The van der Waals surface area contributed by atoms with Gasteiger partial charge in [0.1, 0.15) is 11.5 Å². The Bertz CT molecular complexity index is 351. The molecule has 0 aliphatic carbocycles. The summed E-state index contributed by atoms with van der Waals surface area (Å²) in [5.41, 5.74) is 1.88. The van der Waals surface area contributed by atoms with Crippen LogP contribution >= 0.6 is 0 Å². The Morgan fingerprint density at radius 3 is 2.20 bits per heavy atom. The molecular weight excluding hydrogens is 194 g/mol. The Morgan fingerprint density at radius 1 is 1.27 bits per heavy atom. The van der Waals surface area contributed by atoms with Gasteiger partial charge in [0.15, 0.2) is 0 Å². The van der Waals surface area contributed by atoms with Crippen LogP contribution in [0.2, 0.25) is 0 Å². The Morgan fingerprint density at radius 2 is 1.80 bits per heavy atom. The van der Waals surface area contributed by atoms with Gasteiger partial charge in [0.2, 0.25) is 0 Å². The van der Waals surface area contributed by atoms with Gasteiger partial charge < -0.3 is 14.8 Å². The number of nitrogens with one attached hydrogen (secondary N) is 1. The van der Waals surface area contributed by atoms with Crippen LogP contribution < -0.4 is 14.8 Å². The highest BCUT2D eigenvalue weighted by Crippen LogP contribution is 2.27. The second-order valence-electron chi connectivity index (χ2n) is 3.23. The molecule has 0 heterocycles. The quantitative estimate of drug-likeness (QED) is 0.810. The van der Waals surface area contributed by atoms with Crippen LogP contribution in [-0.4, -0.2) is 20.3 Å². The van der Waals surface area contributed by atoms with E-state index in [1.54, 1.807) is 19.2 Å². The highest BCUT2D eigenvalue weighted by atomic mass is 16.6. The molecule has 1 rings (SSSR count). The molecule has 4 nitrogen and oxygen atoms in total. The first-order chi connectivity index (χ1) is 7.08. The zero-order valence-electron chi connectivity index (χ0n) is 9.38. The van der Waals surface area contributed by atoms with E-state index in [0.29, 0.717) is 5.75 Å². The minimum absolute atomic E-state index is 0.473.